The Morgan fingerprint density at radius 1 is 1.16 bits per heavy atom. The molecular formula is C20H22N2O3. The molecule has 0 bridgehead atoms. The van der Waals surface area contributed by atoms with Crippen LogP contribution >= 0.6 is 0 Å². The number of para-hydroxylation sites is 2. The number of ether oxygens (including phenoxy) is 1. The number of rotatable bonds is 6. The van der Waals surface area contributed by atoms with Crippen molar-refractivity contribution >= 4 is 16.9 Å². The number of methoxy groups -OCH3 is 1. The van der Waals surface area contributed by atoms with Crippen LogP contribution in [0.2, 0.25) is 0 Å². The molecule has 130 valence electrons. The Labute approximate surface area is 147 Å². The SMILES string of the molecule is COc1ccccc1C(C)(C)CNC(=O)Cc1noc2ccccc12. The number of hydrogen-bond donors (Lipinski definition) is 1. The zero-order valence-corrected chi connectivity index (χ0v) is 14.7. The van der Waals surface area contributed by atoms with Gasteiger partial charge in [-0.05, 0) is 18.2 Å². The van der Waals surface area contributed by atoms with Crippen molar-refractivity contribution in [2.24, 2.45) is 0 Å². The van der Waals surface area contributed by atoms with Crippen molar-refractivity contribution in [3.63, 3.8) is 0 Å². The molecule has 25 heavy (non-hydrogen) atoms. The van der Waals surface area contributed by atoms with Crippen LogP contribution in [0.4, 0.5) is 0 Å². The van der Waals surface area contributed by atoms with Crippen molar-refractivity contribution in [2.75, 3.05) is 13.7 Å². The van der Waals surface area contributed by atoms with Gasteiger partial charge in [0, 0.05) is 22.9 Å². The highest BCUT2D eigenvalue weighted by atomic mass is 16.5. The molecule has 3 aromatic rings. The van der Waals surface area contributed by atoms with Crippen LogP contribution in [0.1, 0.15) is 25.1 Å². The van der Waals surface area contributed by atoms with E-state index in [1.165, 1.54) is 0 Å². The topological polar surface area (TPSA) is 64.4 Å². The first-order valence-electron chi connectivity index (χ1n) is 8.25. The molecule has 1 aromatic heterocycles. The molecule has 5 nitrogen and oxygen atoms in total. The van der Waals surface area contributed by atoms with Gasteiger partial charge in [0.25, 0.3) is 0 Å². The van der Waals surface area contributed by atoms with Gasteiger partial charge < -0.3 is 14.6 Å². The van der Waals surface area contributed by atoms with E-state index in [0.717, 1.165) is 16.7 Å². The van der Waals surface area contributed by atoms with E-state index in [9.17, 15) is 4.79 Å². The Morgan fingerprint density at radius 2 is 1.88 bits per heavy atom. The molecule has 0 saturated carbocycles. The normalized spacial score (nSPS) is 11.5. The maximum atomic E-state index is 12.4. The average molecular weight is 338 g/mol. The minimum atomic E-state index is -0.256. The van der Waals surface area contributed by atoms with Gasteiger partial charge in [-0.15, -0.1) is 0 Å². The fourth-order valence-corrected chi connectivity index (χ4v) is 2.90. The van der Waals surface area contributed by atoms with Crippen LogP contribution < -0.4 is 10.1 Å². The van der Waals surface area contributed by atoms with E-state index in [1.54, 1.807) is 7.11 Å². The second-order valence-corrected chi connectivity index (χ2v) is 6.66. The van der Waals surface area contributed by atoms with E-state index in [4.69, 9.17) is 9.26 Å². The highest BCUT2D eigenvalue weighted by Gasteiger charge is 2.25. The first kappa shape index (κ1) is 17.0. The maximum absolute atomic E-state index is 12.4. The Bertz CT molecular complexity index is 883. The van der Waals surface area contributed by atoms with E-state index >= 15 is 0 Å². The predicted octanol–water partition coefficient (Wildman–Crippen LogP) is 3.47. The van der Waals surface area contributed by atoms with Crippen molar-refractivity contribution in [3.05, 3.63) is 59.8 Å². The summed E-state index contributed by atoms with van der Waals surface area (Å²) >= 11 is 0. The van der Waals surface area contributed by atoms with Crippen LogP contribution in [0.15, 0.2) is 53.1 Å². The molecule has 3 rings (SSSR count). The molecule has 0 spiro atoms. The van der Waals surface area contributed by atoms with Gasteiger partial charge in [-0.3, -0.25) is 4.79 Å². The molecule has 5 heteroatoms. The van der Waals surface area contributed by atoms with E-state index in [1.807, 2.05) is 48.5 Å². The number of nitrogens with zero attached hydrogens (tertiary/aromatic N) is 1. The van der Waals surface area contributed by atoms with Crippen LogP contribution in [0.3, 0.4) is 0 Å². The van der Waals surface area contributed by atoms with Crippen LogP contribution in [-0.2, 0) is 16.6 Å². The van der Waals surface area contributed by atoms with Gasteiger partial charge in [0.15, 0.2) is 5.58 Å². The lowest BCUT2D eigenvalue weighted by atomic mass is 9.84. The molecule has 0 fully saturated rings. The van der Waals surface area contributed by atoms with E-state index < -0.39 is 0 Å². The molecule has 1 heterocycles. The highest BCUT2D eigenvalue weighted by Crippen LogP contribution is 2.30. The zero-order valence-electron chi connectivity index (χ0n) is 14.7. The number of carbonyl (C=O) groups excluding carboxylic acids is 1. The minimum Gasteiger partial charge on any atom is -0.496 e. The van der Waals surface area contributed by atoms with Crippen LogP contribution in [0, 0.1) is 0 Å². The monoisotopic (exact) mass is 338 g/mol. The summed E-state index contributed by atoms with van der Waals surface area (Å²) in [6.07, 6.45) is 0.193. The molecule has 0 aliphatic rings. The van der Waals surface area contributed by atoms with Crippen LogP contribution in [0.5, 0.6) is 5.75 Å². The largest absolute Gasteiger partial charge is 0.496 e. The minimum absolute atomic E-state index is 0.0815. The zero-order chi connectivity index (χ0) is 17.9. The van der Waals surface area contributed by atoms with Gasteiger partial charge in [0.2, 0.25) is 5.91 Å². The highest BCUT2D eigenvalue weighted by molar-refractivity contribution is 5.86. The summed E-state index contributed by atoms with van der Waals surface area (Å²) in [5, 5.41) is 7.89. The molecule has 1 N–H and O–H groups in total. The summed E-state index contributed by atoms with van der Waals surface area (Å²) in [5.74, 6) is 0.742. The summed E-state index contributed by atoms with van der Waals surface area (Å²) in [4.78, 5) is 12.4. The van der Waals surface area contributed by atoms with Crippen molar-refractivity contribution in [1.82, 2.24) is 10.5 Å². The lowest BCUT2D eigenvalue weighted by Crippen LogP contribution is -2.37. The van der Waals surface area contributed by atoms with Crippen LogP contribution in [-0.4, -0.2) is 24.7 Å². The molecule has 0 atom stereocenters. The molecule has 0 saturated heterocycles. The lowest BCUT2D eigenvalue weighted by molar-refractivity contribution is -0.120. The third kappa shape index (κ3) is 3.65. The summed E-state index contributed by atoms with van der Waals surface area (Å²) in [5.41, 5.74) is 2.15. The molecule has 0 aliphatic carbocycles. The number of nitrogens with one attached hydrogen (secondary N) is 1. The number of carbonyl (C=O) groups is 1. The average Bonchev–Trinajstić information content (AvgIpc) is 3.03. The first-order valence-corrected chi connectivity index (χ1v) is 8.25. The maximum Gasteiger partial charge on any atom is 0.226 e. The van der Waals surface area contributed by atoms with Crippen molar-refractivity contribution in [2.45, 2.75) is 25.7 Å². The van der Waals surface area contributed by atoms with E-state index in [-0.39, 0.29) is 17.7 Å². The Kier molecular flexibility index (Phi) is 4.74. The molecule has 1 amide bonds. The molecule has 0 unspecified atom stereocenters. The van der Waals surface area contributed by atoms with Gasteiger partial charge in [0.1, 0.15) is 11.4 Å². The fraction of sp³-hybridized carbons (Fsp3) is 0.300. The summed E-state index contributed by atoms with van der Waals surface area (Å²) in [7, 11) is 1.66. The summed E-state index contributed by atoms with van der Waals surface area (Å²) < 4.78 is 10.7. The first-order chi connectivity index (χ1) is 12.0. The standard InChI is InChI=1S/C20H22N2O3/c1-20(2,15-9-5-7-11-18(15)24-3)13-21-19(23)12-16-14-8-4-6-10-17(14)25-22-16/h4-11H,12-13H2,1-3H3,(H,21,23). The number of benzene rings is 2. The van der Waals surface area contributed by atoms with Gasteiger partial charge >= 0.3 is 0 Å². The second kappa shape index (κ2) is 6.97. The lowest BCUT2D eigenvalue weighted by Gasteiger charge is -2.27. The third-order valence-corrected chi connectivity index (χ3v) is 4.34. The Morgan fingerprint density at radius 3 is 2.68 bits per heavy atom. The van der Waals surface area contributed by atoms with Gasteiger partial charge in [-0.1, -0.05) is 49.3 Å². The van der Waals surface area contributed by atoms with Gasteiger partial charge in [0.05, 0.1) is 13.5 Å². The Hall–Kier alpha value is -2.82. The number of hydrogen-bond acceptors (Lipinski definition) is 4. The summed E-state index contributed by atoms with van der Waals surface area (Å²) in [6.45, 7) is 4.66. The number of fused-ring (bicyclic) bond motifs is 1. The fourth-order valence-electron chi connectivity index (χ4n) is 2.90. The predicted molar refractivity (Wildman–Crippen MR) is 96.7 cm³/mol. The number of aromatic nitrogens is 1. The Balaban J connectivity index is 1.67. The smallest absolute Gasteiger partial charge is 0.226 e. The van der Waals surface area contributed by atoms with E-state index in [2.05, 4.69) is 24.3 Å². The van der Waals surface area contributed by atoms with Crippen molar-refractivity contribution in [1.29, 1.82) is 0 Å². The van der Waals surface area contributed by atoms with Crippen molar-refractivity contribution < 1.29 is 14.1 Å². The summed E-state index contributed by atoms with van der Waals surface area (Å²) in [6, 6.07) is 15.4. The molecule has 0 aliphatic heterocycles. The molecule has 2 aromatic carbocycles. The third-order valence-electron chi connectivity index (χ3n) is 4.34. The molecule has 0 radical (unpaired) electrons. The number of amides is 1. The van der Waals surface area contributed by atoms with Gasteiger partial charge in [-0.2, -0.15) is 0 Å². The quantitative estimate of drug-likeness (QED) is 0.747. The molecular weight excluding hydrogens is 316 g/mol. The van der Waals surface area contributed by atoms with Gasteiger partial charge in [-0.25, -0.2) is 0 Å². The van der Waals surface area contributed by atoms with E-state index in [0.29, 0.717) is 17.8 Å². The van der Waals surface area contributed by atoms with Crippen molar-refractivity contribution in [3.8, 4) is 5.75 Å². The van der Waals surface area contributed by atoms with Crippen LogP contribution in [0.25, 0.3) is 11.0 Å². The second-order valence-electron chi connectivity index (χ2n) is 6.66.